The largest absolute Gasteiger partial charge is 0.340 e. The van der Waals surface area contributed by atoms with Gasteiger partial charge in [-0.1, -0.05) is 18.2 Å². The van der Waals surface area contributed by atoms with Crippen molar-refractivity contribution in [1.82, 2.24) is 9.97 Å². The van der Waals surface area contributed by atoms with E-state index in [4.69, 9.17) is 0 Å². The second kappa shape index (κ2) is 6.00. The van der Waals surface area contributed by atoms with Gasteiger partial charge in [0.2, 0.25) is 0 Å². The number of hydrogen-bond donors (Lipinski definition) is 2. The van der Waals surface area contributed by atoms with E-state index < -0.39 is 0 Å². The van der Waals surface area contributed by atoms with Crippen molar-refractivity contribution in [2.24, 2.45) is 0 Å². The van der Waals surface area contributed by atoms with Crippen molar-refractivity contribution < 1.29 is 4.39 Å². The van der Waals surface area contributed by atoms with E-state index >= 15 is 0 Å². The van der Waals surface area contributed by atoms with Crippen LogP contribution in [0.1, 0.15) is 0 Å². The lowest BCUT2D eigenvalue weighted by Gasteiger charge is -2.08. The van der Waals surface area contributed by atoms with Crippen LogP contribution in [0.25, 0.3) is 0 Å². The number of nitrogens with one attached hydrogen (secondary N) is 2. The van der Waals surface area contributed by atoms with Crippen LogP contribution in [0, 0.1) is 5.82 Å². The number of benzene rings is 2. The molecule has 3 aromatic rings. The molecule has 0 fully saturated rings. The Labute approximate surface area is 121 Å². The third-order valence-corrected chi connectivity index (χ3v) is 2.83. The summed E-state index contributed by atoms with van der Waals surface area (Å²) in [5.74, 6) is 1.05. The van der Waals surface area contributed by atoms with Crippen LogP contribution in [0.15, 0.2) is 67.0 Å². The molecule has 0 spiro atoms. The lowest BCUT2D eigenvalue weighted by Crippen LogP contribution is -1.98. The maximum atomic E-state index is 12.9. The van der Waals surface area contributed by atoms with E-state index in [1.54, 1.807) is 18.2 Å². The minimum Gasteiger partial charge on any atom is -0.340 e. The highest BCUT2D eigenvalue weighted by Crippen LogP contribution is 2.19. The van der Waals surface area contributed by atoms with Gasteiger partial charge in [0, 0.05) is 17.4 Å². The molecule has 0 saturated heterocycles. The van der Waals surface area contributed by atoms with E-state index in [9.17, 15) is 4.39 Å². The molecule has 21 heavy (non-hydrogen) atoms. The van der Waals surface area contributed by atoms with Crippen molar-refractivity contribution in [3.05, 3.63) is 72.8 Å². The van der Waals surface area contributed by atoms with Crippen LogP contribution in [-0.4, -0.2) is 9.97 Å². The van der Waals surface area contributed by atoms with Gasteiger partial charge < -0.3 is 10.6 Å². The van der Waals surface area contributed by atoms with Crippen LogP contribution in [0.5, 0.6) is 0 Å². The van der Waals surface area contributed by atoms with Crippen LogP contribution < -0.4 is 10.6 Å². The normalized spacial score (nSPS) is 10.1. The number of aromatic nitrogens is 2. The first-order valence-electron chi connectivity index (χ1n) is 6.46. The van der Waals surface area contributed by atoms with Crippen LogP contribution in [0.2, 0.25) is 0 Å². The van der Waals surface area contributed by atoms with Gasteiger partial charge in [0.25, 0.3) is 0 Å². The van der Waals surface area contributed by atoms with E-state index in [1.165, 1.54) is 18.5 Å². The average Bonchev–Trinajstić information content (AvgIpc) is 2.51. The Morgan fingerprint density at radius 1 is 0.714 bits per heavy atom. The minimum absolute atomic E-state index is 0.269. The van der Waals surface area contributed by atoms with Crippen molar-refractivity contribution in [1.29, 1.82) is 0 Å². The lowest BCUT2D eigenvalue weighted by molar-refractivity contribution is 0.628. The molecule has 3 rings (SSSR count). The molecule has 0 bridgehead atoms. The number of rotatable bonds is 4. The van der Waals surface area contributed by atoms with Crippen molar-refractivity contribution in [2.45, 2.75) is 0 Å². The first-order valence-corrected chi connectivity index (χ1v) is 6.46. The van der Waals surface area contributed by atoms with Crippen molar-refractivity contribution in [3.63, 3.8) is 0 Å². The van der Waals surface area contributed by atoms with E-state index in [2.05, 4.69) is 20.6 Å². The molecule has 2 N–H and O–H groups in total. The van der Waals surface area contributed by atoms with Gasteiger partial charge in [-0.3, -0.25) is 0 Å². The standard InChI is InChI=1S/C16H13FN4/c17-12-6-8-14(9-7-12)21-16-10-15(18-11-19-16)20-13-4-2-1-3-5-13/h1-11H,(H2,18,19,20,21). The zero-order valence-corrected chi connectivity index (χ0v) is 11.1. The molecule has 4 nitrogen and oxygen atoms in total. The zero-order chi connectivity index (χ0) is 14.5. The molecule has 0 unspecified atom stereocenters. The van der Waals surface area contributed by atoms with Crippen LogP contribution >= 0.6 is 0 Å². The maximum absolute atomic E-state index is 12.9. The fourth-order valence-corrected chi connectivity index (χ4v) is 1.84. The van der Waals surface area contributed by atoms with Crippen LogP contribution in [-0.2, 0) is 0 Å². The second-order valence-electron chi connectivity index (χ2n) is 4.41. The molecular formula is C16H13FN4. The van der Waals surface area contributed by atoms with Gasteiger partial charge in [-0.2, -0.15) is 0 Å². The van der Waals surface area contributed by atoms with Gasteiger partial charge in [0.15, 0.2) is 0 Å². The fourth-order valence-electron chi connectivity index (χ4n) is 1.84. The van der Waals surface area contributed by atoms with Gasteiger partial charge in [0.1, 0.15) is 23.8 Å². The average molecular weight is 280 g/mol. The van der Waals surface area contributed by atoms with Crippen LogP contribution in [0.4, 0.5) is 27.4 Å². The number of anilines is 4. The predicted octanol–water partition coefficient (Wildman–Crippen LogP) is 4.10. The summed E-state index contributed by atoms with van der Waals surface area (Å²) < 4.78 is 12.9. The number of nitrogens with zero attached hydrogens (tertiary/aromatic N) is 2. The molecule has 0 saturated carbocycles. The Balaban J connectivity index is 1.75. The summed E-state index contributed by atoms with van der Waals surface area (Å²) in [5, 5.41) is 6.29. The van der Waals surface area contributed by atoms with E-state index in [0.29, 0.717) is 11.6 Å². The molecule has 5 heteroatoms. The number of hydrogen-bond acceptors (Lipinski definition) is 4. The Bertz CT molecular complexity index is 714. The first-order chi connectivity index (χ1) is 10.3. The number of para-hydroxylation sites is 1. The Morgan fingerprint density at radius 3 is 1.90 bits per heavy atom. The smallest absolute Gasteiger partial charge is 0.135 e. The van der Waals surface area contributed by atoms with Gasteiger partial charge in [0.05, 0.1) is 0 Å². The number of halogens is 1. The summed E-state index contributed by atoms with van der Waals surface area (Å²) in [6, 6.07) is 17.6. The summed E-state index contributed by atoms with van der Waals surface area (Å²) in [6.45, 7) is 0. The van der Waals surface area contributed by atoms with Crippen molar-refractivity contribution >= 4 is 23.0 Å². The summed E-state index contributed by atoms with van der Waals surface area (Å²) in [7, 11) is 0. The van der Waals surface area contributed by atoms with Crippen LogP contribution in [0.3, 0.4) is 0 Å². The molecule has 0 aliphatic rings. The third-order valence-electron chi connectivity index (χ3n) is 2.83. The highest BCUT2D eigenvalue weighted by molar-refractivity contribution is 5.62. The van der Waals surface area contributed by atoms with Crippen molar-refractivity contribution in [2.75, 3.05) is 10.6 Å². The quantitative estimate of drug-likeness (QED) is 0.755. The molecule has 0 aliphatic carbocycles. The highest BCUT2D eigenvalue weighted by atomic mass is 19.1. The fraction of sp³-hybridized carbons (Fsp3) is 0. The molecule has 0 amide bonds. The molecule has 1 aromatic heterocycles. The van der Waals surface area contributed by atoms with Crippen molar-refractivity contribution in [3.8, 4) is 0 Å². The Kier molecular flexibility index (Phi) is 3.73. The molecule has 2 aromatic carbocycles. The summed E-state index contributed by atoms with van der Waals surface area (Å²) in [4.78, 5) is 8.31. The predicted molar refractivity (Wildman–Crippen MR) is 81.4 cm³/mol. The summed E-state index contributed by atoms with van der Waals surface area (Å²) in [6.07, 6.45) is 1.47. The monoisotopic (exact) mass is 280 g/mol. The topological polar surface area (TPSA) is 49.8 Å². The Morgan fingerprint density at radius 2 is 1.29 bits per heavy atom. The van der Waals surface area contributed by atoms with E-state index in [1.807, 2.05) is 30.3 Å². The molecule has 0 atom stereocenters. The maximum Gasteiger partial charge on any atom is 0.135 e. The lowest BCUT2D eigenvalue weighted by atomic mass is 10.3. The minimum atomic E-state index is -0.269. The molecule has 104 valence electrons. The van der Waals surface area contributed by atoms with E-state index in [-0.39, 0.29) is 5.82 Å². The first kappa shape index (κ1) is 13.1. The molecule has 1 heterocycles. The molecule has 0 aliphatic heterocycles. The summed E-state index contributed by atoms with van der Waals surface area (Å²) in [5.41, 5.74) is 1.71. The second-order valence-corrected chi connectivity index (χ2v) is 4.41. The molecular weight excluding hydrogens is 267 g/mol. The van der Waals surface area contributed by atoms with E-state index in [0.717, 1.165) is 11.4 Å². The van der Waals surface area contributed by atoms with Gasteiger partial charge in [-0.25, -0.2) is 14.4 Å². The van der Waals surface area contributed by atoms with Gasteiger partial charge >= 0.3 is 0 Å². The summed E-state index contributed by atoms with van der Waals surface area (Å²) >= 11 is 0. The zero-order valence-electron chi connectivity index (χ0n) is 11.1. The SMILES string of the molecule is Fc1ccc(Nc2cc(Nc3ccccc3)ncn2)cc1. The van der Waals surface area contributed by atoms with Gasteiger partial charge in [-0.05, 0) is 36.4 Å². The van der Waals surface area contributed by atoms with Gasteiger partial charge in [-0.15, -0.1) is 0 Å². The Hall–Kier alpha value is -2.95. The highest BCUT2D eigenvalue weighted by Gasteiger charge is 2.00. The third kappa shape index (κ3) is 3.54. The molecule has 0 radical (unpaired) electrons.